The molecule has 4 rings (SSSR count). The van der Waals surface area contributed by atoms with Crippen LogP contribution in [0.1, 0.15) is 19.8 Å². The van der Waals surface area contributed by atoms with Gasteiger partial charge in [0.2, 0.25) is 10.0 Å². The maximum absolute atomic E-state index is 13.2. The van der Waals surface area contributed by atoms with Crippen LogP contribution in [-0.4, -0.2) is 49.5 Å². The zero-order valence-corrected chi connectivity index (χ0v) is 20.7. The molecule has 1 saturated heterocycles. The van der Waals surface area contributed by atoms with Crippen molar-refractivity contribution in [3.05, 3.63) is 58.4 Å². The molecule has 1 aromatic heterocycles. The van der Waals surface area contributed by atoms with Crippen LogP contribution in [0.4, 0.5) is 0 Å². The molecule has 176 valence electrons. The van der Waals surface area contributed by atoms with E-state index in [-0.39, 0.29) is 17.3 Å². The Kier molecular flexibility index (Phi) is 7.65. The Morgan fingerprint density at radius 2 is 2.03 bits per heavy atom. The fourth-order valence-corrected chi connectivity index (χ4v) is 6.82. The number of nitrogens with zero attached hydrogens (tertiary/aromatic N) is 3. The highest BCUT2D eigenvalue weighted by Crippen LogP contribution is 2.25. The van der Waals surface area contributed by atoms with Crippen molar-refractivity contribution in [3.8, 4) is 0 Å². The molecule has 7 nitrogen and oxygen atoms in total. The van der Waals surface area contributed by atoms with E-state index in [4.69, 9.17) is 16.3 Å². The van der Waals surface area contributed by atoms with Gasteiger partial charge in [0.25, 0.3) is 5.91 Å². The fourth-order valence-electron chi connectivity index (χ4n) is 3.94. The third-order valence-electron chi connectivity index (χ3n) is 5.63. The predicted octanol–water partition coefficient (Wildman–Crippen LogP) is 3.92. The Hall–Kier alpha value is -2.04. The highest BCUT2D eigenvalue weighted by molar-refractivity contribution is 7.89. The molecular formula is C23H26ClN3O4S2. The summed E-state index contributed by atoms with van der Waals surface area (Å²) in [5.74, 6) is -0.780. The van der Waals surface area contributed by atoms with Gasteiger partial charge >= 0.3 is 0 Å². The lowest BCUT2D eigenvalue weighted by Gasteiger charge is -2.30. The predicted molar refractivity (Wildman–Crippen MR) is 130 cm³/mol. The first kappa shape index (κ1) is 24.1. The lowest BCUT2D eigenvalue weighted by Crippen LogP contribution is -2.42. The van der Waals surface area contributed by atoms with Crippen LogP contribution in [0, 0.1) is 5.92 Å². The largest absolute Gasteiger partial charge is 0.380 e. The number of aromatic nitrogens is 1. The molecule has 10 heteroatoms. The van der Waals surface area contributed by atoms with Crippen molar-refractivity contribution < 1.29 is 17.9 Å². The standard InChI is InChI=1S/C23H26ClN3O4S2/c1-2-31-14-13-27-20-11-10-18(24)15-21(20)32-23(27)25-22(28)17-7-6-12-26(16-17)33(29,30)19-8-4-3-5-9-19/h3-5,8-11,15,17H,2,6-7,12-14,16H2,1H3. The number of hydrogen-bond acceptors (Lipinski definition) is 5. The van der Waals surface area contributed by atoms with E-state index in [0.717, 1.165) is 10.2 Å². The Bertz CT molecular complexity index is 1300. The molecule has 0 saturated carbocycles. The summed E-state index contributed by atoms with van der Waals surface area (Å²) in [6, 6.07) is 13.9. The number of carbonyl (C=O) groups is 1. The lowest BCUT2D eigenvalue weighted by atomic mass is 9.99. The van der Waals surface area contributed by atoms with E-state index in [0.29, 0.717) is 49.0 Å². The molecule has 1 aliphatic rings. The molecule has 3 aromatic rings. The molecule has 33 heavy (non-hydrogen) atoms. The second kappa shape index (κ2) is 10.5. The monoisotopic (exact) mass is 507 g/mol. The molecule has 0 bridgehead atoms. The summed E-state index contributed by atoms with van der Waals surface area (Å²) in [6.07, 6.45) is 1.23. The second-order valence-electron chi connectivity index (χ2n) is 7.81. The van der Waals surface area contributed by atoms with Crippen molar-refractivity contribution in [2.75, 3.05) is 26.3 Å². The molecule has 1 unspecified atom stereocenters. The number of fused-ring (bicyclic) bond motifs is 1. The van der Waals surface area contributed by atoms with Gasteiger partial charge in [-0.05, 0) is 50.1 Å². The molecule has 1 aliphatic heterocycles. The summed E-state index contributed by atoms with van der Waals surface area (Å²) >= 11 is 7.55. The number of benzene rings is 2. The first-order valence-corrected chi connectivity index (χ1v) is 13.5. The average molecular weight is 508 g/mol. The zero-order chi connectivity index (χ0) is 23.4. The van der Waals surface area contributed by atoms with Crippen molar-refractivity contribution in [2.45, 2.75) is 31.2 Å². The molecule has 2 aromatic carbocycles. The smallest absolute Gasteiger partial charge is 0.252 e. The van der Waals surface area contributed by atoms with Crippen LogP contribution in [0.3, 0.4) is 0 Å². The SMILES string of the molecule is CCOCCn1c(=NC(=O)C2CCCN(S(=O)(=O)c3ccccc3)C2)sc2cc(Cl)ccc21. The normalized spacial score (nSPS) is 18.1. The van der Waals surface area contributed by atoms with Crippen molar-refractivity contribution >= 4 is 49.1 Å². The Balaban J connectivity index is 1.61. The molecule has 0 N–H and O–H groups in total. The van der Waals surface area contributed by atoms with Crippen LogP contribution in [0.25, 0.3) is 10.2 Å². The van der Waals surface area contributed by atoms with Crippen LogP contribution in [0.2, 0.25) is 5.02 Å². The molecule has 2 heterocycles. The number of carbonyl (C=O) groups excluding carboxylic acids is 1. The van der Waals surface area contributed by atoms with Crippen molar-refractivity contribution in [2.24, 2.45) is 10.9 Å². The molecular weight excluding hydrogens is 482 g/mol. The van der Waals surface area contributed by atoms with Gasteiger partial charge in [0, 0.05) is 31.3 Å². The van der Waals surface area contributed by atoms with Crippen LogP contribution in [-0.2, 0) is 26.1 Å². The van der Waals surface area contributed by atoms with Gasteiger partial charge in [0.1, 0.15) is 0 Å². The zero-order valence-electron chi connectivity index (χ0n) is 18.3. The minimum Gasteiger partial charge on any atom is -0.380 e. The summed E-state index contributed by atoms with van der Waals surface area (Å²) < 4.78 is 35.8. The van der Waals surface area contributed by atoms with Crippen LogP contribution in [0.5, 0.6) is 0 Å². The summed E-state index contributed by atoms with van der Waals surface area (Å²) in [4.78, 5) is 18.4. The number of hydrogen-bond donors (Lipinski definition) is 0. The quantitative estimate of drug-likeness (QED) is 0.454. The van der Waals surface area contributed by atoms with Crippen LogP contribution in [0.15, 0.2) is 58.4 Å². The first-order chi connectivity index (χ1) is 15.9. The number of piperidine rings is 1. The summed E-state index contributed by atoms with van der Waals surface area (Å²) in [7, 11) is -3.64. The molecule has 1 amide bonds. The topological polar surface area (TPSA) is 81.0 Å². The maximum atomic E-state index is 13.2. The van der Waals surface area contributed by atoms with Gasteiger partial charge in [0.15, 0.2) is 4.80 Å². The number of rotatable bonds is 7. The molecule has 1 atom stereocenters. The molecule has 0 radical (unpaired) electrons. The fraction of sp³-hybridized carbons (Fsp3) is 0.391. The van der Waals surface area contributed by atoms with Crippen molar-refractivity contribution in [3.63, 3.8) is 0 Å². The van der Waals surface area contributed by atoms with Gasteiger partial charge in [0.05, 0.1) is 27.6 Å². The second-order valence-corrected chi connectivity index (χ2v) is 11.2. The van der Waals surface area contributed by atoms with Gasteiger partial charge in [-0.1, -0.05) is 41.1 Å². The highest BCUT2D eigenvalue weighted by atomic mass is 35.5. The molecule has 0 aliphatic carbocycles. The minimum absolute atomic E-state index is 0.134. The van der Waals surface area contributed by atoms with Crippen molar-refractivity contribution in [1.82, 2.24) is 8.87 Å². The summed E-state index contributed by atoms with van der Waals surface area (Å²) in [5, 5.41) is 0.618. The van der Waals surface area contributed by atoms with Gasteiger partial charge in [-0.2, -0.15) is 9.30 Å². The molecule has 0 spiro atoms. The lowest BCUT2D eigenvalue weighted by molar-refractivity contribution is -0.122. The van der Waals surface area contributed by atoms with E-state index in [9.17, 15) is 13.2 Å². The van der Waals surface area contributed by atoms with Crippen LogP contribution < -0.4 is 4.80 Å². The van der Waals surface area contributed by atoms with E-state index in [1.165, 1.54) is 15.6 Å². The third kappa shape index (κ3) is 5.38. The van der Waals surface area contributed by atoms with Gasteiger partial charge in [-0.15, -0.1) is 0 Å². The summed E-state index contributed by atoms with van der Waals surface area (Å²) in [5.41, 5.74) is 0.938. The van der Waals surface area contributed by atoms with Gasteiger partial charge in [-0.25, -0.2) is 8.42 Å². The molecule has 1 fully saturated rings. The van der Waals surface area contributed by atoms with E-state index in [1.54, 1.807) is 30.3 Å². The van der Waals surface area contributed by atoms with E-state index >= 15 is 0 Å². The number of thiazole rings is 1. The van der Waals surface area contributed by atoms with E-state index < -0.39 is 15.9 Å². The van der Waals surface area contributed by atoms with E-state index in [2.05, 4.69) is 4.99 Å². The number of halogens is 1. The number of sulfonamides is 1. The first-order valence-electron chi connectivity index (χ1n) is 10.9. The van der Waals surface area contributed by atoms with Crippen molar-refractivity contribution in [1.29, 1.82) is 0 Å². The Labute approximate surface area is 202 Å². The van der Waals surface area contributed by atoms with Crippen LogP contribution >= 0.6 is 22.9 Å². The number of ether oxygens (including phenoxy) is 1. The minimum atomic E-state index is -3.64. The number of amides is 1. The van der Waals surface area contributed by atoms with Gasteiger partial charge in [-0.3, -0.25) is 4.79 Å². The third-order valence-corrected chi connectivity index (χ3v) is 8.78. The average Bonchev–Trinajstić information content (AvgIpc) is 3.15. The highest BCUT2D eigenvalue weighted by Gasteiger charge is 2.33. The summed E-state index contributed by atoms with van der Waals surface area (Å²) in [6.45, 7) is 4.13. The van der Waals surface area contributed by atoms with Gasteiger partial charge < -0.3 is 9.30 Å². The Morgan fingerprint density at radius 1 is 1.24 bits per heavy atom. The maximum Gasteiger partial charge on any atom is 0.252 e. The Morgan fingerprint density at radius 3 is 2.79 bits per heavy atom. The van der Waals surface area contributed by atoms with E-state index in [1.807, 2.05) is 29.7 Å².